The van der Waals surface area contributed by atoms with Gasteiger partial charge in [-0.1, -0.05) is 4.98 Å². The normalized spacial score (nSPS) is 28.7. The van der Waals surface area contributed by atoms with Crippen LogP contribution in [-0.2, 0) is 19.9 Å². The smallest absolute Gasteiger partial charge is 0.394 e. The van der Waals surface area contributed by atoms with E-state index >= 15 is 0 Å². The van der Waals surface area contributed by atoms with E-state index in [1.54, 1.807) is 5.48 Å². The highest BCUT2D eigenvalue weighted by molar-refractivity contribution is 5.83. The van der Waals surface area contributed by atoms with Gasteiger partial charge in [-0.2, -0.15) is 13.2 Å². The molecule has 0 spiro atoms. The molecule has 0 aliphatic carbocycles. The summed E-state index contributed by atoms with van der Waals surface area (Å²) in [5, 5.41) is 49.6. The molecule has 1 saturated heterocycles. The minimum atomic E-state index is -4.69. The molecule has 31 heavy (non-hydrogen) atoms. The van der Waals surface area contributed by atoms with Crippen molar-refractivity contribution >= 4 is 11.9 Å². The van der Waals surface area contributed by atoms with Crippen molar-refractivity contribution in [3.8, 4) is 0 Å². The molecular formula is C15H21F3N4O9. The Morgan fingerprint density at radius 1 is 1.32 bits per heavy atom. The zero-order chi connectivity index (χ0) is 23.6. The number of alkyl halides is 3. The fraction of sp³-hybridized carbons (Fsp3) is 0.733. The molecule has 1 aromatic heterocycles. The second-order valence-electron chi connectivity index (χ2n) is 6.99. The Labute approximate surface area is 172 Å². The van der Waals surface area contributed by atoms with Gasteiger partial charge in [0.1, 0.15) is 36.8 Å². The van der Waals surface area contributed by atoms with Crippen LogP contribution in [0.4, 0.5) is 19.1 Å². The van der Waals surface area contributed by atoms with Crippen molar-refractivity contribution in [1.82, 2.24) is 15.0 Å². The van der Waals surface area contributed by atoms with Gasteiger partial charge in [-0.15, -0.1) is 0 Å². The Morgan fingerprint density at radius 3 is 2.52 bits per heavy atom. The first-order valence-corrected chi connectivity index (χ1v) is 8.83. The van der Waals surface area contributed by atoms with E-state index in [-0.39, 0.29) is 0 Å². The lowest BCUT2D eigenvalue weighted by molar-refractivity contribution is -0.397. The standard InChI is InChI=1S/C15H21F3N4O9/c1-14(2-3-15(16,17)18,21-5-4-19-13(21)22(28)29)12(27)20-31-11-10(26)9(25)8(24)7(6-23)30-11/h4-5,7-11,23-26H,2-3,6H2,1H3,(H,20,27)/t7-,8-,9+,10-,11-,14?/m1/s1. The maximum absolute atomic E-state index is 12.8. The molecule has 0 aromatic carbocycles. The molecular weight excluding hydrogens is 437 g/mol. The van der Waals surface area contributed by atoms with Crippen molar-refractivity contribution in [2.45, 2.75) is 62.2 Å². The van der Waals surface area contributed by atoms with Gasteiger partial charge in [0.15, 0.2) is 5.54 Å². The predicted molar refractivity (Wildman–Crippen MR) is 90.8 cm³/mol. The third-order valence-corrected chi connectivity index (χ3v) is 4.82. The summed E-state index contributed by atoms with van der Waals surface area (Å²) < 4.78 is 44.0. The van der Waals surface area contributed by atoms with E-state index < -0.39 is 78.6 Å². The van der Waals surface area contributed by atoms with Gasteiger partial charge in [0.05, 0.1) is 6.61 Å². The minimum Gasteiger partial charge on any atom is -0.394 e. The van der Waals surface area contributed by atoms with Gasteiger partial charge < -0.3 is 35.3 Å². The topological polar surface area (TPSA) is 189 Å². The number of hydrogen-bond acceptors (Lipinski definition) is 10. The lowest BCUT2D eigenvalue weighted by Crippen LogP contribution is -2.60. The molecule has 16 heteroatoms. The van der Waals surface area contributed by atoms with Crippen LogP contribution in [0.15, 0.2) is 12.4 Å². The van der Waals surface area contributed by atoms with E-state index in [1.165, 1.54) is 0 Å². The Morgan fingerprint density at radius 2 is 1.97 bits per heavy atom. The molecule has 2 heterocycles. The molecule has 1 aliphatic heterocycles. The first kappa shape index (κ1) is 24.9. The van der Waals surface area contributed by atoms with E-state index in [2.05, 4.69) is 4.98 Å². The van der Waals surface area contributed by atoms with Crippen molar-refractivity contribution in [3.05, 3.63) is 22.5 Å². The SMILES string of the molecule is CC(CCC(F)(F)F)(C(=O)NO[C@H]1O[C@H](CO)[C@@H](O)[C@H](O)[C@H]1O)n1ccnc1[N+](=O)[O-]. The number of aromatic nitrogens is 2. The van der Waals surface area contributed by atoms with Crippen LogP contribution in [-0.4, -0.2) is 84.3 Å². The van der Waals surface area contributed by atoms with E-state index in [9.17, 15) is 43.4 Å². The molecule has 1 unspecified atom stereocenters. The maximum Gasteiger partial charge on any atom is 0.435 e. The molecule has 2 rings (SSSR count). The average Bonchev–Trinajstić information content (AvgIpc) is 3.20. The fourth-order valence-electron chi connectivity index (χ4n) is 2.93. The summed E-state index contributed by atoms with van der Waals surface area (Å²) in [5.74, 6) is -2.18. The van der Waals surface area contributed by atoms with Gasteiger partial charge in [0, 0.05) is 12.8 Å². The van der Waals surface area contributed by atoms with Gasteiger partial charge in [-0.05, 0) is 11.8 Å². The van der Waals surface area contributed by atoms with Crippen LogP contribution >= 0.6 is 0 Å². The van der Waals surface area contributed by atoms with Crippen LogP contribution in [0.1, 0.15) is 19.8 Å². The number of rotatable bonds is 8. The summed E-state index contributed by atoms with van der Waals surface area (Å²) in [5.41, 5.74) is -0.449. The number of hydrogen-bond donors (Lipinski definition) is 5. The Balaban J connectivity index is 2.23. The second kappa shape index (κ2) is 9.41. The van der Waals surface area contributed by atoms with Gasteiger partial charge in [-0.3, -0.25) is 4.79 Å². The highest BCUT2D eigenvalue weighted by atomic mass is 19.4. The molecule has 176 valence electrons. The number of nitrogens with one attached hydrogen (secondary N) is 1. The summed E-state index contributed by atoms with van der Waals surface area (Å²) in [6, 6.07) is 0. The van der Waals surface area contributed by atoms with Crippen molar-refractivity contribution in [2.75, 3.05) is 6.61 Å². The van der Waals surface area contributed by atoms with Gasteiger partial charge in [0.2, 0.25) is 6.29 Å². The fourth-order valence-corrected chi connectivity index (χ4v) is 2.93. The zero-order valence-electron chi connectivity index (χ0n) is 16.0. The molecule has 1 fully saturated rings. The van der Waals surface area contributed by atoms with Crippen molar-refractivity contribution in [1.29, 1.82) is 0 Å². The second-order valence-corrected chi connectivity index (χ2v) is 6.99. The Kier molecular flexibility index (Phi) is 7.56. The van der Waals surface area contributed by atoms with Gasteiger partial charge in [0.25, 0.3) is 5.91 Å². The molecule has 1 aromatic rings. The summed E-state index contributed by atoms with van der Waals surface area (Å²) in [6.07, 6.45) is -13.9. The first-order valence-electron chi connectivity index (χ1n) is 8.83. The molecule has 0 radical (unpaired) electrons. The van der Waals surface area contributed by atoms with Crippen molar-refractivity contribution in [2.24, 2.45) is 0 Å². The van der Waals surface area contributed by atoms with Crippen LogP contribution in [0.3, 0.4) is 0 Å². The van der Waals surface area contributed by atoms with E-state index in [1.807, 2.05) is 0 Å². The van der Waals surface area contributed by atoms with E-state index in [0.29, 0.717) is 4.57 Å². The molecule has 0 saturated carbocycles. The van der Waals surface area contributed by atoms with Crippen LogP contribution in [0.2, 0.25) is 0 Å². The van der Waals surface area contributed by atoms with Crippen molar-refractivity contribution < 1.29 is 52.9 Å². The van der Waals surface area contributed by atoms with E-state index in [4.69, 9.17) is 14.7 Å². The zero-order valence-corrected chi connectivity index (χ0v) is 16.0. The largest absolute Gasteiger partial charge is 0.435 e. The minimum absolute atomic E-state index is 0.630. The third kappa shape index (κ3) is 5.46. The van der Waals surface area contributed by atoms with Crippen LogP contribution in [0.25, 0.3) is 0 Å². The quantitative estimate of drug-likeness (QED) is 0.231. The first-order chi connectivity index (χ1) is 14.3. The predicted octanol–water partition coefficient (Wildman–Crippen LogP) is -1.30. The molecule has 13 nitrogen and oxygen atoms in total. The summed E-state index contributed by atoms with van der Waals surface area (Å²) in [4.78, 5) is 31.2. The maximum atomic E-state index is 12.8. The average molecular weight is 458 g/mol. The number of aliphatic hydroxyl groups is 4. The molecule has 1 amide bonds. The molecule has 5 N–H and O–H groups in total. The number of carbonyl (C=O) groups is 1. The highest BCUT2D eigenvalue weighted by Gasteiger charge is 2.48. The lowest BCUT2D eigenvalue weighted by Gasteiger charge is -2.39. The lowest BCUT2D eigenvalue weighted by atomic mass is 9.94. The molecule has 0 bridgehead atoms. The monoisotopic (exact) mass is 458 g/mol. The summed E-state index contributed by atoms with van der Waals surface area (Å²) in [7, 11) is 0. The van der Waals surface area contributed by atoms with Gasteiger partial charge in [-0.25, -0.2) is 14.9 Å². The van der Waals surface area contributed by atoms with Crippen LogP contribution in [0.5, 0.6) is 0 Å². The molecule has 1 aliphatic rings. The van der Waals surface area contributed by atoms with Crippen LogP contribution < -0.4 is 5.48 Å². The summed E-state index contributed by atoms with van der Waals surface area (Å²) in [6.45, 7) is 0.197. The number of nitrogens with zero attached hydrogens (tertiary/aromatic N) is 3. The number of carbonyl (C=O) groups excluding carboxylic acids is 1. The third-order valence-electron chi connectivity index (χ3n) is 4.82. The number of aliphatic hydroxyl groups excluding tert-OH is 4. The number of imidazole rings is 1. The van der Waals surface area contributed by atoms with Crippen LogP contribution in [0, 0.1) is 10.1 Å². The number of ether oxygens (including phenoxy) is 1. The van der Waals surface area contributed by atoms with Crippen molar-refractivity contribution in [3.63, 3.8) is 0 Å². The van der Waals surface area contributed by atoms with E-state index in [0.717, 1.165) is 19.3 Å². The van der Waals surface area contributed by atoms with Gasteiger partial charge >= 0.3 is 12.1 Å². The highest BCUT2D eigenvalue weighted by Crippen LogP contribution is 2.33. The Bertz CT molecular complexity index is 790. The number of halogens is 3. The number of nitro groups is 1. The number of hydroxylamine groups is 1. The molecule has 6 atom stereocenters. The summed E-state index contributed by atoms with van der Waals surface area (Å²) >= 11 is 0. The Hall–Kier alpha value is -2.37. The number of amides is 1.